The Hall–Kier alpha value is -3.10. The van der Waals surface area contributed by atoms with Crippen LogP contribution in [0.25, 0.3) is 16.3 Å². The minimum absolute atomic E-state index is 0.286. The molecule has 8 heteroatoms. The summed E-state index contributed by atoms with van der Waals surface area (Å²) in [6, 6.07) is 12.6. The quantitative estimate of drug-likeness (QED) is 0.196. The van der Waals surface area contributed by atoms with E-state index in [1.54, 1.807) is 11.8 Å². The van der Waals surface area contributed by atoms with Crippen LogP contribution in [0.5, 0.6) is 0 Å². The van der Waals surface area contributed by atoms with Crippen LogP contribution in [0.1, 0.15) is 49.1 Å². The van der Waals surface area contributed by atoms with E-state index in [-0.39, 0.29) is 6.61 Å². The van der Waals surface area contributed by atoms with Gasteiger partial charge in [-0.3, -0.25) is 0 Å². The predicted molar refractivity (Wildman–Crippen MR) is 174 cm³/mol. The second kappa shape index (κ2) is 12.5. The monoisotopic (exact) mass is 628 g/mol. The number of allylic oxidation sites excluding steroid dienone is 8. The number of rotatable bonds is 8. The van der Waals surface area contributed by atoms with Crippen molar-refractivity contribution in [3.63, 3.8) is 0 Å². The Labute approximate surface area is 265 Å². The van der Waals surface area contributed by atoms with Gasteiger partial charge in [0.25, 0.3) is 5.01 Å². The summed E-state index contributed by atoms with van der Waals surface area (Å²) >= 11 is 9.97. The molecule has 3 heterocycles. The highest BCUT2D eigenvalue weighted by molar-refractivity contribution is 8.03. The first-order chi connectivity index (χ1) is 21.0. The fourth-order valence-electron chi connectivity index (χ4n) is 6.49. The maximum absolute atomic E-state index is 10.8. The van der Waals surface area contributed by atoms with Crippen molar-refractivity contribution in [1.29, 1.82) is 0 Å². The molecule has 0 saturated heterocycles. The van der Waals surface area contributed by atoms with Crippen LogP contribution >= 0.6 is 34.7 Å². The molecule has 0 radical (unpaired) electrons. The van der Waals surface area contributed by atoms with Gasteiger partial charge in [-0.05, 0) is 91.2 Å². The first-order valence-corrected chi connectivity index (χ1v) is 17.0. The van der Waals surface area contributed by atoms with Gasteiger partial charge >= 0.3 is 0 Å². The minimum atomic E-state index is -1.20. The van der Waals surface area contributed by atoms with Crippen LogP contribution in [0.15, 0.2) is 92.9 Å². The van der Waals surface area contributed by atoms with E-state index in [1.807, 2.05) is 29.5 Å². The van der Waals surface area contributed by atoms with Crippen molar-refractivity contribution in [2.24, 2.45) is 0 Å². The van der Waals surface area contributed by atoms with Gasteiger partial charge in [-0.25, -0.2) is 0 Å². The average molecular weight is 629 g/mol. The van der Waals surface area contributed by atoms with E-state index in [0.717, 1.165) is 60.7 Å². The van der Waals surface area contributed by atoms with E-state index < -0.39 is 12.6 Å². The number of aryl methyl sites for hydroxylation is 2. The number of halogens is 1. The number of hydrogen-bond donors (Lipinski definition) is 0. The molecule has 0 N–H and O–H groups in total. The molecule has 2 aliphatic carbocycles. The smallest absolute Gasteiger partial charge is 0.263 e. The number of nitrogens with zero attached hydrogens (tertiary/aromatic N) is 2. The molecule has 0 unspecified atom stereocenters. The molecule has 0 saturated carbocycles. The molecule has 1 aromatic heterocycles. The lowest BCUT2D eigenvalue weighted by molar-refractivity contribution is -0.661. The highest BCUT2D eigenvalue weighted by atomic mass is 35.5. The normalized spacial score (nSPS) is 20.8. The minimum Gasteiger partial charge on any atom is -0.548 e. The number of aliphatic carboxylic acids is 1. The number of thiazole rings is 1. The molecule has 4 aliphatic rings. The number of anilines is 1. The van der Waals surface area contributed by atoms with E-state index in [0.29, 0.717) is 11.6 Å². The molecule has 220 valence electrons. The Kier molecular flexibility index (Phi) is 8.32. The summed E-state index contributed by atoms with van der Waals surface area (Å²) in [7, 11) is 0. The Bertz CT molecular complexity index is 1760. The molecule has 0 spiro atoms. The van der Waals surface area contributed by atoms with Crippen molar-refractivity contribution in [3.8, 4) is 0 Å². The summed E-state index contributed by atoms with van der Waals surface area (Å²) < 4.78 is 9.22. The number of hydrogen-bond acceptors (Lipinski definition) is 6. The molecule has 0 bridgehead atoms. The Morgan fingerprint density at radius 1 is 1.00 bits per heavy atom. The summed E-state index contributed by atoms with van der Waals surface area (Å²) in [5.41, 5.74) is 9.50. The number of benzene rings is 2. The van der Waals surface area contributed by atoms with Crippen molar-refractivity contribution in [1.82, 2.24) is 0 Å². The molecule has 2 aromatic carbocycles. The molecule has 5 nitrogen and oxygen atoms in total. The van der Waals surface area contributed by atoms with E-state index in [9.17, 15) is 9.90 Å². The van der Waals surface area contributed by atoms with Crippen LogP contribution in [0, 0.1) is 0 Å². The number of ether oxygens (including phenoxy) is 1. The number of fused-ring (bicyclic) bond motifs is 1. The second-order valence-electron chi connectivity index (χ2n) is 11.5. The Morgan fingerprint density at radius 3 is 2.60 bits per heavy atom. The number of carbonyl (C=O) groups excluding carboxylic acids is 1. The number of carboxylic acid groups (broad SMARTS) is 1. The Morgan fingerprint density at radius 2 is 1.79 bits per heavy atom. The lowest BCUT2D eigenvalue weighted by Crippen LogP contribution is -2.31. The summed E-state index contributed by atoms with van der Waals surface area (Å²) in [5.74, 6) is -1.20. The van der Waals surface area contributed by atoms with Crippen LogP contribution in [-0.4, -0.2) is 25.7 Å². The van der Waals surface area contributed by atoms with Gasteiger partial charge < -0.3 is 19.5 Å². The number of carbonyl (C=O) groups is 1. The highest BCUT2D eigenvalue weighted by Crippen LogP contribution is 2.47. The Balaban J connectivity index is 1.12. The SMILES string of the molecule is O=C([O-])COCCN1/C(=C/C2=CC(=C/C3=CC(=C/c4sc5cccc6c5[n+]4CC6)/CCC3)/CCC2)Sc2ccc(Cl)cc21. The largest absolute Gasteiger partial charge is 0.548 e. The summed E-state index contributed by atoms with van der Waals surface area (Å²) in [5, 5.41) is 14.0. The van der Waals surface area contributed by atoms with Crippen molar-refractivity contribution in [3.05, 3.63) is 104 Å². The zero-order chi connectivity index (χ0) is 29.3. The molecule has 7 rings (SSSR count). The van der Waals surface area contributed by atoms with Crippen LogP contribution in [0.3, 0.4) is 0 Å². The van der Waals surface area contributed by atoms with Gasteiger partial charge in [0.15, 0.2) is 6.54 Å². The van der Waals surface area contributed by atoms with E-state index in [2.05, 4.69) is 58.0 Å². The molecule has 3 aromatic rings. The molecule has 2 aliphatic heterocycles. The van der Waals surface area contributed by atoms with Gasteiger partial charge in [-0.1, -0.05) is 65.1 Å². The molecule has 0 atom stereocenters. The third-order valence-corrected chi connectivity index (χ3v) is 10.8. The van der Waals surface area contributed by atoms with E-state index in [1.165, 1.54) is 49.5 Å². The number of para-hydroxylation sites is 1. The van der Waals surface area contributed by atoms with Crippen molar-refractivity contribution in [2.45, 2.75) is 56.4 Å². The average Bonchev–Trinajstić information content (AvgIpc) is 3.68. The number of carboxylic acids is 1. The third kappa shape index (κ3) is 6.27. The lowest BCUT2D eigenvalue weighted by atomic mass is 9.90. The lowest BCUT2D eigenvalue weighted by Gasteiger charge is -2.22. The summed E-state index contributed by atoms with van der Waals surface area (Å²) in [6.45, 7) is 1.51. The zero-order valence-corrected chi connectivity index (χ0v) is 26.3. The van der Waals surface area contributed by atoms with Crippen molar-refractivity contribution in [2.75, 3.05) is 24.7 Å². The van der Waals surface area contributed by atoms with Gasteiger partial charge in [0.2, 0.25) is 5.52 Å². The molecule has 0 fully saturated rings. The first-order valence-electron chi connectivity index (χ1n) is 15.0. The van der Waals surface area contributed by atoms with Crippen LogP contribution in [0.4, 0.5) is 5.69 Å². The molecular formula is C35H33ClN2O3S2. The van der Waals surface area contributed by atoms with Gasteiger partial charge in [-0.15, -0.1) is 0 Å². The van der Waals surface area contributed by atoms with Crippen LogP contribution in [0.2, 0.25) is 5.02 Å². The van der Waals surface area contributed by atoms with Gasteiger partial charge in [-0.2, -0.15) is 4.57 Å². The predicted octanol–water partition coefficient (Wildman–Crippen LogP) is 7.15. The summed E-state index contributed by atoms with van der Waals surface area (Å²) in [6.07, 6.45) is 19.7. The molecule has 0 amide bonds. The topological polar surface area (TPSA) is 56.5 Å². The standard InChI is InChI=1S/C35H33ClN2O3S2/c36-28-10-11-30-29(21-28)37(14-15-41-22-34(39)40)32(42-30)19-25-6-1-4-23(17-25)16-24-5-2-7-26(18-24)20-33-38-13-12-27-8-3-9-31(43-33)35(27)38/h3,8-11,16-21H,1-2,4-7,12-15,22H2. The van der Waals surface area contributed by atoms with Crippen molar-refractivity contribution >= 4 is 62.6 Å². The zero-order valence-electron chi connectivity index (χ0n) is 23.9. The first kappa shape index (κ1) is 28.7. The highest BCUT2D eigenvalue weighted by Gasteiger charge is 2.28. The fraction of sp³-hybridized carbons (Fsp3) is 0.314. The molecular weight excluding hydrogens is 596 g/mol. The number of thioether (sulfide) groups is 1. The van der Waals surface area contributed by atoms with Crippen LogP contribution < -0.4 is 14.6 Å². The van der Waals surface area contributed by atoms with Gasteiger partial charge in [0.1, 0.15) is 4.70 Å². The maximum Gasteiger partial charge on any atom is 0.263 e. The molecule has 43 heavy (non-hydrogen) atoms. The van der Waals surface area contributed by atoms with E-state index in [4.69, 9.17) is 16.3 Å². The van der Waals surface area contributed by atoms with Gasteiger partial charge in [0, 0.05) is 34.5 Å². The third-order valence-electron chi connectivity index (χ3n) is 8.40. The second-order valence-corrected chi connectivity index (χ2v) is 14.0. The van der Waals surface area contributed by atoms with E-state index >= 15 is 0 Å². The van der Waals surface area contributed by atoms with Crippen LogP contribution in [-0.2, 0) is 22.5 Å². The number of aromatic nitrogens is 1. The summed E-state index contributed by atoms with van der Waals surface area (Å²) in [4.78, 5) is 14.1. The van der Waals surface area contributed by atoms with Gasteiger partial charge in [0.05, 0.1) is 29.9 Å². The van der Waals surface area contributed by atoms with Crippen molar-refractivity contribution < 1.29 is 19.2 Å². The maximum atomic E-state index is 10.8. The fourth-order valence-corrected chi connectivity index (χ4v) is 9.01.